The molecule has 0 bridgehead atoms. The zero-order chi connectivity index (χ0) is 20.1. The van der Waals surface area contributed by atoms with E-state index in [1.54, 1.807) is 18.2 Å². The Morgan fingerprint density at radius 1 is 0.964 bits per heavy atom. The lowest BCUT2D eigenvalue weighted by atomic mass is 10.0. The van der Waals surface area contributed by atoms with Crippen molar-refractivity contribution in [1.29, 1.82) is 0 Å². The highest BCUT2D eigenvalue weighted by atomic mass is 19.1. The van der Waals surface area contributed by atoms with E-state index in [0.29, 0.717) is 0 Å². The number of carbonyl (C=O) groups is 1. The standard InChI is InChI=1S/C22H16F2O4/c23-16-8-9-17(19(24)13-16)15-7-10-20(18(12-15)22(26)27)28-21(25)11-6-14-4-2-1-3-5-14/h1-13,22,26-27H/b11-6+. The summed E-state index contributed by atoms with van der Waals surface area (Å²) in [6.07, 6.45) is 0.806. The van der Waals surface area contributed by atoms with Gasteiger partial charge in [-0.05, 0) is 41.5 Å². The van der Waals surface area contributed by atoms with Gasteiger partial charge in [0.25, 0.3) is 0 Å². The summed E-state index contributed by atoms with van der Waals surface area (Å²) >= 11 is 0. The summed E-state index contributed by atoms with van der Waals surface area (Å²) in [6, 6.07) is 16.2. The minimum atomic E-state index is -1.95. The first kappa shape index (κ1) is 19.4. The van der Waals surface area contributed by atoms with Gasteiger partial charge < -0.3 is 14.9 Å². The van der Waals surface area contributed by atoms with Gasteiger partial charge in [-0.1, -0.05) is 36.4 Å². The van der Waals surface area contributed by atoms with E-state index in [4.69, 9.17) is 4.74 Å². The van der Waals surface area contributed by atoms with Crippen LogP contribution < -0.4 is 4.74 Å². The fraction of sp³-hybridized carbons (Fsp3) is 0.0455. The van der Waals surface area contributed by atoms with Crippen LogP contribution in [0.3, 0.4) is 0 Å². The van der Waals surface area contributed by atoms with Crippen LogP contribution in [0.15, 0.2) is 72.8 Å². The first-order chi connectivity index (χ1) is 13.4. The van der Waals surface area contributed by atoms with Gasteiger partial charge in [-0.3, -0.25) is 0 Å². The van der Waals surface area contributed by atoms with Crippen LogP contribution in [0.1, 0.15) is 17.4 Å². The summed E-state index contributed by atoms with van der Waals surface area (Å²) in [5.74, 6) is -2.32. The monoisotopic (exact) mass is 382 g/mol. The molecule has 0 aliphatic heterocycles. The number of halogens is 2. The molecule has 28 heavy (non-hydrogen) atoms. The molecule has 0 aliphatic rings. The Hall–Kier alpha value is -3.35. The minimum Gasteiger partial charge on any atom is -0.423 e. The fourth-order valence-corrected chi connectivity index (χ4v) is 2.61. The Labute approximate surface area is 160 Å². The number of carbonyl (C=O) groups excluding carboxylic acids is 1. The third-order valence-corrected chi connectivity index (χ3v) is 3.95. The minimum absolute atomic E-state index is 0.0742. The van der Waals surface area contributed by atoms with Gasteiger partial charge >= 0.3 is 5.97 Å². The molecule has 3 aromatic carbocycles. The van der Waals surface area contributed by atoms with Gasteiger partial charge in [-0.2, -0.15) is 0 Å². The quantitative estimate of drug-likeness (QED) is 0.300. The van der Waals surface area contributed by atoms with Crippen molar-refractivity contribution in [1.82, 2.24) is 0 Å². The number of hydrogen-bond acceptors (Lipinski definition) is 4. The van der Waals surface area contributed by atoms with Crippen molar-refractivity contribution in [2.24, 2.45) is 0 Å². The smallest absolute Gasteiger partial charge is 0.336 e. The Bertz CT molecular complexity index is 1010. The van der Waals surface area contributed by atoms with Gasteiger partial charge in [0.1, 0.15) is 17.4 Å². The fourth-order valence-electron chi connectivity index (χ4n) is 2.61. The molecule has 0 aliphatic carbocycles. The first-order valence-corrected chi connectivity index (χ1v) is 8.34. The topological polar surface area (TPSA) is 66.8 Å². The second-order valence-corrected chi connectivity index (χ2v) is 5.92. The van der Waals surface area contributed by atoms with Crippen LogP contribution in [-0.4, -0.2) is 16.2 Å². The van der Waals surface area contributed by atoms with Gasteiger partial charge in [-0.25, -0.2) is 13.6 Å². The highest BCUT2D eigenvalue weighted by molar-refractivity contribution is 5.89. The van der Waals surface area contributed by atoms with Gasteiger partial charge in [0, 0.05) is 17.7 Å². The molecule has 0 spiro atoms. The summed E-state index contributed by atoms with van der Waals surface area (Å²) in [5, 5.41) is 19.2. The number of aliphatic hydroxyl groups excluding tert-OH is 1. The van der Waals surface area contributed by atoms with Crippen molar-refractivity contribution in [2.45, 2.75) is 6.29 Å². The van der Waals surface area contributed by atoms with E-state index in [2.05, 4.69) is 0 Å². The Balaban J connectivity index is 1.85. The molecule has 0 heterocycles. The van der Waals surface area contributed by atoms with E-state index in [-0.39, 0.29) is 22.4 Å². The van der Waals surface area contributed by atoms with Crippen molar-refractivity contribution in [3.63, 3.8) is 0 Å². The summed E-state index contributed by atoms with van der Waals surface area (Å²) in [5.41, 5.74) is 1.03. The Morgan fingerprint density at radius 3 is 2.39 bits per heavy atom. The van der Waals surface area contributed by atoms with E-state index < -0.39 is 23.9 Å². The molecular formula is C22H16F2O4. The second kappa shape index (κ2) is 8.56. The molecule has 0 aromatic heterocycles. The third kappa shape index (κ3) is 4.68. The number of benzene rings is 3. The lowest BCUT2D eigenvalue weighted by Crippen LogP contribution is -2.08. The molecule has 3 rings (SSSR count). The highest BCUT2D eigenvalue weighted by Gasteiger charge is 2.16. The van der Waals surface area contributed by atoms with Crippen molar-refractivity contribution < 1.29 is 28.5 Å². The summed E-state index contributed by atoms with van der Waals surface area (Å²) in [4.78, 5) is 12.0. The van der Waals surface area contributed by atoms with E-state index in [0.717, 1.165) is 17.7 Å². The molecule has 0 saturated heterocycles. The molecule has 0 radical (unpaired) electrons. The maximum Gasteiger partial charge on any atom is 0.336 e. The molecular weight excluding hydrogens is 366 g/mol. The van der Waals surface area contributed by atoms with E-state index in [1.807, 2.05) is 18.2 Å². The molecule has 0 unspecified atom stereocenters. The lowest BCUT2D eigenvalue weighted by Gasteiger charge is -2.13. The van der Waals surface area contributed by atoms with Crippen LogP contribution in [0.5, 0.6) is 5.75 Å². The second-order valence-electron chi connectivity index (χ2n) is 5.92. The molecule has 4 nitrogen and oxygen atoms in total. The first-order valence-electron chi connectivity index (χ1n) is 8.34. The van der Waals surface area contributed by atoms with Crippen LogP contribution in [0, 0.1) is 11.6 Å². The van der Waals surface area contributed by atoms with Crippen molar-refractivity contribution in [3.8, 4) is 16.9 Å². The molecule has 0 saturated carbocycles. The zero-order valence-corrected chi connectivity index (χ0v) is 14.5. The SMILES string of the molecule is O=C(/C=C/c1ccccc1)Oc1ccc(-c2ccc(F)cc2F)cc1C(O)O. The van der Waals surface area contributed by atoms with Crippen LogP contribution in [0.2, 0.25) is 0 Å². The summed E-state index contributed by atoms with van der Waals surface area (Å²) < 4.78 is 32.2. The van der Waals surface area contributed by atoms with E-state index in [9.17, 15) is 23.8 Å². The van der Waals surface area contributed by atoms with Crippen LogP contribution in [0.4, 0.5) is 8.78 Å². The largest absolute Gasteiger partial charge is 0.423 e. The molecule has 142 valence electrons. The van der Waals surface area contributed by atoms with Gasteiger partial charge in [0.05, 0.1) is 5.56 Å². The zero-order valence-electron chi connectivity index (χ0n) is 14.5. The number of ether oxygens (including phenoxy) is 1. The summed E-state index contributed by atoms with van der Waals surface area (Å²) in [6.45, 7) is 0. The predicted octanol–water partition coefficient (Wildman–Crippen LogP) is 4.23. The number of aliphatic hydroxyl groups is 2. The molecule has 0 amide bonds. The molecule has 0 atom stereocenters. The Morgan fingerprint density at radius 2 is 1.71 bits per heavy atom. The van der Waals surface area contributed by atoms with Crippen molar-refractivity contribution in [3.05, 3.63) is 95.6 Å². The number of esters is 1. The van der Waals surface area contributed by atoms with Gasteiger partial charge in [0.15, 0.2) is 6.29 Å². The maximum absolute atomic E-state index is 14.0. The normalized spacial score (nSPS) is 11.2. The summed E-state index contributed by atoms with van der Waals surface area (Å²) in [7, 11) is 0. The van der Waals surface area contributed by atoms with Gasteiger partial charge in [-0.15, -0.1) is 0 Å². The van der Waals surface area contributed by atoms with Crippen LogP contribution >= 0.6 is 0 Å². The molecule has 2 N–H and O–H groups in total. The third-order valence-electron chi connectivity index (χ3n) is 3.95. The molecule has 0 fully saturated rings. The Kier molecular flexibility index (Phi) is 5.93. The molecule has 6 heteroatoms. The van der Waals surface area contributed by atoms with Gasteiger partial charge in [0.2, 0.25) is 0 Å². The predicted molar refractivity (Wildman–Crippen MR) is 100 cm³/mol. The van der Waals surface area contributed by atoms with E-state index in [1.165, 1.54) is 30.3 Å². The lowest BCUT2D eigenvalue weighted by molar-refractivity contribution is -0.129. The number of rotatable bonds is 5. The van der Waals surface area contributed by atoms with Crippen molar-refractivity contribution >= 4 is 12.0 Å². The average Bonchev–Trinajstić information content (AvgIpc) is 2.67. The maximum atomic E-state index is 14.0. The molecule has 3 aromatic rings. The number of hydrogen-bond donors (Lipinski definition) is 2. The van der Waals surface area contributed by atoms with Crippen molar-refractivity contribution in [2.75, 3.05) is 0 Å². The van der Waals surface area contributed by atoms with Crippen LogP contribution in [-0.2, 0) is 4.79 Å². The van der Waals surface area contributed by atoms with E-state index >= 15 is 0 Å². The average molecular weight is 382 g/mol. The highest BCUT2D eigenvalue weighted by Crippen LogP contribution is 2.31. The van der Waals surface area contributed by atoms with Crippen LogP contribution in [0.25, 0.3) is 17.2 Å².